The van der Waals surface area contributed by atoms with E-state index in [1.807, 2.05) is 59.0 Å². The third-order valence-electron chi connectivity index (χ3n) is 4.92. The highest BCUT2D eigenvalue weighted by Gasteiger charge is 2.39. The molecule has 128 valence electrons. The number of rotatable bonds is 3. The zero-order valence-electron chi connectivity index (χ0n) is 14.3. The van der Waals surface area contributed by atoms with Crippen LogP contribution in [0.25, 0.3) is 10.8 Å². The zero-order chi connectivity index (χ0) is 17.4. The average molecular weight is 336 g/mol. The number of carbonyl (C=O) groups is 1. The van der Waals surface area contributed by atoms with Crippen molar-refractivity contribution < 1.29 is 9.53 Å². The normalized spacial score (nSPS) is 20.3. The van der Waals surface area contributed by atoms with Crippen molar-refractivity contribution in [3.8, 4) is 0 Å². The van der Waals surface area contributed by atoms with E-state index in [0.717, 1.165) is 23.0 Å². The summed E-state index contributed by atoms with van der Waals surface area (Å²) in [4.78, 5) is 15.2. The molecule has 0 aliphatic carbocycles. The Kier molecular flexibility index (Phi) is 3.97. The summed E-state index contributed by atoms with van der Waals surface area (Å²) in [6, 6.07) is 13.7. The number of nitrogens with zero attached hydrogens (tertiary/aromatic N) is 4. The lowest BCUT2D eigenvalue weighted by Crippen LogP contribution is -2.33. The molecule has 0 spiro atoms. The number of methoxy groups -OCH3 is 1. The molecule has 0 bridgehead atoms. The van der Waals surface area contributed by atoms with Crippen LogP contribution in [0.5, 0.6) is 0 Å². The smallest absolute Gasteiger partial charge is 0.255 e. The number of hydrogen-bond acceptors (Lipinski definition) is 4. The van der Waals surface area contributed by atoms with Gasteiger partial charge in [0.05, 0.1) is 12.1 Å². The molecule has 4 rings (SSSR count). The zero-order valence-corrected chi connectivity index (χ0v) is 14.3. The van der Waals surface area contributed by atoms with Gasteiger partial charge in [-0.25, -0.2) is 0 Å². The monoisotopic (exact) mass is 336 g/mol. The number of hydrogen-bond donors (Lipinski definition) is 0. The Morgan fingerprint density at radius 1 is 1.20 bits per heavy atom. The molecule has 1 saturated heterocycles. The van der Waals surface area contributed by atoms with Crippen molar-refractivity contribution >= 4 is 16.7 Å². The lowest BCUT2D eigenvalue weighted by molar-refractivity contribution is 0.0685. The Morgan fingerprint density at radius 3 is 2.76 bits per heavy atom. The lowest BCUT2D eigenvalue weighted by atomic mass is 10.0. The maximum Gasteiger partial charge on any atom is 0.255 e. The molecule has 25 heavy (non-hydrogen) atoms. The van der Waals surface area contributed by atoms with Crippen LogP contribution in [0.2, 0.25) is 0 Å². The minimum absolute atomic E-state index is 0.000580. The van der Waals surface area contributed by atoms with Crippen molar-refractivity contribution in [1.29, 1.82) is 0 Å². The van der Waals surface area contributed by atoms with Gasteiger partial charge in [-0.2, -0.15) is 0 Å². The van der Waals surface area contributed by atoms with Gasteiger partial charge in [-0.3, -0.25) is 4.79 Å². The molecule has 0 N–H and O–H groups in total. The van der Waals surface area contributed by atoms with E-state index in [-0.39, 0.29) is 18.1 Å². The van der Waals surface area contributed by atoms with Crippen LogP contribution in [0.3, 0.4) is 0 Å². The Hall–Kier alpha value is -2.73. The fraction of sp³-hybridized carbons (Fsp3) is 0.316. The number of benzene rings is 2. The molecule has 2 heterocycles. The maximum absolute atomic E-state index is 13.4. The highest BCUT2D eigenvalue weighted by molar-refractivity contribution is 6.07. The van der Waals surface area contributed by atoms with Crippen molar-refractivity contribution in [2.45, 2.75) is 18.6 Å². The van der Waals surface area contributed by atoms with Crippen LogP contribution >= 0.6 is 0 Å². The molecule has 1 aliphatic heterocycles. The first-order valence-corrected chi connectivity index (χ1v) is 8.34. The summed E-state index contributed by atoms with van der Waals surface area (Å²) < 4.78 is 7.40. The fourth-order valence-electron chi connectivity index (χ4n) is 3.60. The second-order valence-electron chi connectivity index (χ2n) is 6.39. The Labute approximate surface area is 146 Å². The van der Waals surface area contributed by atoms with E-state index in [0.29, 0.717) is 12.1 Å². The minimum Gasteiger partial charge on any atom is -0.380 e. The second kappa shape index (κ2) is 6.29. The van der Waals surface area contributed by atoms with Gasteiger partial charge in [0, 0.05) is 32.7 Å². The summed E-state index contributed by atoms with van der Waals surface area (Å²) in [5.41, 5.74) is 0.710. The van der Waals surface area contributed by atoms with Gasteiger partial charge in [0.1, 0.15) is 6.33 Å². The van der Waals surface area contributed by atoms with E-state index in [1.54, 1.807) is 13.4 Å². The van der Waals surface area contributed by atoms with Gasteiger partial charge < -0.3 is 14.2 Å². The summed E-state index contributed by atoms with van der Waals surface area (Å²) in [5, 5.41) is 10.2. The number of amides is 1. The van der Waals surface area contributed by atoms with Crippen LogP contribution in [0.1, 0.15) is 28.6 Å². The molecule has 6 heteroatoms. The van der Waals surface area contributed by atoms with Gasteiger partial charge in [0.2, 0.25) is 0 Å². The van der Waals surface area contributed by atoms with Gasteiger partial charge in [-0.05, 0) is 16.8 Å². The highest BCUT2D eigenvalue weighted by atomic mass is 16.5. The van der Waals surface area contributed by atoms with Crippen LogP contribution in [0, 0.1) is 0 Å². The Morgan fingerprint density at radius 2 is 2.00 bits per heavy atom. The van der Waals surface area contributed by atoms with E-state index in [1.165, 1.54) is 0 Å². The quantitative estimate of drug-likeness (QED) is 0.737. The summed E-state index contributed by atoms with van der Waals surface area (Å²) in [5.74, 6) is 0.789. The van der Waals surface area contributed by atoms with Crippen LogP contribution < -0.4 is 0 Å². The van der Waals surface area contributed by atoms with Gasteiger partial charge in [-0.1, -0.05) is 36.4 Å². The fourth-order valence-corrected chi connectivity index (χ4v) is 3.60. The first-order valence-electron chi connectivity index (χ1n) is 8.34. The van der Waals surface area contributed by atoms with Crippen molar-refractivity contribution in [3.63, 3.8) is 0 Å². The van der Waals surface area contributed by atoms with E-state index < -0.39 is 0 Å². The molecule has 0 unspecified atom stereocenters. The lowest BCUT2D eigenvalue weighted by Gasteiger charge is -2.24. The maximum atomic E-state index is 13.4. The molecule has 0 saturated carbocycles. The second-order valence-corrected chi connectivity index (χ2v) is 6.39. The Bertz CT molecular complexity index is 915. The van der Waals surface area contributed by atoms with E-state index in [9.17, 15) is 4.79 Å². The van der Waals surface area contributed by atoms with E-state index in [4.69, 9.17) is 4.74 Å². The molecule has 1 fully saturated rings. The molecule has 2 aromatic carbocycles. The molecule has 1 aromatic heterocycles. The predicted molar refractivity (Wildman–Crippen MR) is 94.1 cm³/mol. The van der Waals surface area contributed by atoms with Crippen molar-refractivity contribution in [3.05, 3.63) is 60.2 Å². The standard InChI is InChI=1S/C19H20N4O2/c1-22-12-20-21-18(22)17-10-14(25-2)11-23(17)19(24)16-9-5-7-13-6-3-4-8-15(13)16/h3-9,12,14,17H,10-11H2,1-2H3/t14-,17+/m1/s1. The van der Waals surface area contributed by atoms with Crippen molar-refractivity contribution in [1.82, 2.24) is 19.7 Å². The van der Waals surface area contributed by atoms with Gasteiger partial charge in [0.15, 0.2) is 5.82 Å². The van der Waals surface area contributed by atoms with Crippen molar-refractivity contribution in [2.24, 2.45) is 7.05 Å². The number of ether oxygens (including phenoxy) is 1. The molecule has 2 atom stereocenters. The first-order chi connectivity index (χ1) is 12.2. The summed E-state index contributed by atoms with van der Waals surface area (Å²) >= 11 is 0. The number of aryl methyl sites for hydroxylation is 1. The SMILES string of the molecule is CO[C@@H]1C[C@@H](c2nncn2C)N(C(=O)c2cccc3ccccc23)C1. The molecule has 0 radical (unpaired) electrons. The van der Waals surface area contributed by atoms with E-state index in [2.05, 4.69) is 10.2 Å². The highest BCUT2D eigenvalue weighted by Crippen LogP contribution is 2.34. The summed E-state index contributed by atoms with van der Waals surface area (Å²) in [6.45, 7) is 0.552. The Balaban J connectivity index is 1.75. The molecule has 6 nitrogen and oxygen atoms in total. The van der Waals surface area contributed by atoms with Crippen LogP contribution in [0.4, 0.5) is 0 Å². The largest absolute Gasteiger partial charge is 0.380 e. The van der Waals surface area contributed by atoms with Crippen molar-refractivity contribution in [2.75, 3.05) is 13.7 Å². The average Bonchev–Trinajstić information content (AvgIpc) is 3.26. The van der Waals surface area contributed by atoms with E-state index >= 15 is 0 Å². The summed E-state index contributed by atoms with van der Waals surface area (Å²) in [6.07, 6.45) is 2.39. The molecule has 3 aromatic rings. The predicted octanol–water partition coefficient (Wildman–Crippen LogP) is 2.57. The number of carbonyl (C=O) groups excluding carboxylic acids is 1. The van der Waals surface area contributed by atoms with Crippen LogP contribution in [-0.4, -0.2) is 45.3 Å². The molecule has 1 amide bonds. The third kappa shape index (κ3) is 2.68. The van der Waals surface area contributed by atoms with Gasteiger partial charge in [-0.15, -0.1) is 10.2 Å². The first kappa shape index (κ1) is 15.8. The molecular formula is C19H20N4O2. The summed E-state index contributed by atoms with van der Waals surface area (Å²) in [7, 11) is 3.58. The number of fused-ring (bicyclic) bond motifs is 1. The minimum atomic E-state index is -0.135. The number of aromatic nitrogens is 3. The molecular weight excluding hydrogens is 316 g/mol. The van der Waals surface area contributed by atoms with Gasteiger partial charge >= 0.3 is 0 Å². The van der Waals surface area contributed by atoms with Crippen LogP contribution in [-0.2, 0) is 11.8 Å². The van der Waals surface area contributed by atoms with Gasteiger partial charge in [0.25, 0.3) is 5.91 Å². The number of likely N-dealkylation sites (tertiary alicyclic amines) is 1. The molecule has 1 aliphatic rings. The third-order valence-corrected chi connectivity index (χ3v) is 4.92. The topological polar surface area (TPSA) is 60.3 Å². The van der Waals surface area contributed by atoms with Crippen LogP contribution in [0.15, 0.2) is 48.8 Å².